The standard InChI is InChI=1S/C36H38FN5O5/c1-41(2)15-16-42(3)35(44)22-9-11-23(12-10-22)38-36(45)39-24-13-14-30-28(17-24)34(43)31(47-30)20-27-26-18-25(46-4)19-29(37)33(26)40-32(27)21-7-5-6-8-21/h9-14,17-21,40H,5-8,15-16H2,1-4H3,(H2,38,39,45)/b31-20-. The van der Waals surface area contributed by atoms with E-state index in [9.17, 15) is 14.4 Å². The Morgan fingerprint density at radius 1 is 1.00 bits per heavy atom. The fraction of sp³-hybridized carbons (Fsp3) is 0.306. The third kappa shape index (κ3) is 6.71. The lowest BCUT2D eigenvalue weighted by Gasteiger charge is -2.19. The predicted octanol–water partition coefficient (Wildman–Crippen LogP) is 6.87. The van der Waals surface area contributed by atoms with E-state index in [0.717, 1.165) is 37.9 Å². The topological polar surface area (TPSA) is 116 Å². The van der Waals surface area contributed by atoms with Crippen molar-refractivity contribution in [1.29, 1.82) is 0 Å². The molecule has 2 aliphatic rings. The highest BCUT2D eigenvalue weighted by molar-refractivity contribution is 6.16. The highest BCUT2D eigenvalue weighted by Crippen LogP contribution is 2.42. The van der Waals surface area contributed by atoms with Crippen LogP contribution in [-0.4, -0.2) is 73.8 Å². The molecule has 2 heterocycles. The van der Waals surface area contributed by atoms with E-state index in [-0.39, 0.29) is 23.4 Å². The fourth-order valence-corrected chi connectivity index (χ4v) is 6.14. The van der Waals surface area contributed by atoms with E-state index in [1.807, 2.05) is 19.0 Å². The van der Waals surface area contributed by atoms with Gasteiger partial charge in [0.2, 0.25) is 5.78 Å². The van der Waals surface area contributed by atoms with Gasteiger partial charge < -0.3 is 34.9 Å². The Morgan fingerprint density at radius 2 is 1.70 bits per heavy atom. The van der Waals surface area contributed by atoms with Crippen LogP contribution < -0.4 is 20.1 Å². The number of likely N-dealkylation sites (N-methyl/N-ethyl adjacent to an activating group) is 2. The lowest BCUT2D eigenvalue weighted by atomic mass is 9.97. The molecular formula is C36H38FN5O5. The molecule has 1 fully saturated rings. The van der Waals surface area contributed by atoms with Gasteiger partial charge in [-0.05, 0) is 87.5 Å². The van der Waals surface area contributed by atoms with E-state index in [1.54, 1.807) is 66.6 Å². The predicted molar refractivity (Wildman–Crippen MR) is 180 cm³/mol. The van der Waals surface area contributed by atoms with E-state index in [0.29, 0.717) is 57.0 Å². The molecule has 6 rings (SSSR count). The number of anilines is 2. The molecule has 244 valence electrons. The number of ether oxygens (including phenoxy) is 2. The second-order valence-electron chi connectivity index (χ2n) is 12.3. The average Bonchev–Trinajstić information content (AvgIpc) is 3.79. The number of hydrogen-bond donors (Lipinski definition) is 3. The number of rotatable bonds is 9. The number of hydrogen-bond acceptors (Lipinski definition) is 6. The summed E-state index contributed by atoms with van der Waals surface area (Å²) in [6, 6.07) is 14.1. The van der Waals surface area contributed by atoms with Crippen LogP contribution in [0.15, 0.2) is 60.4 Å². The third-order valence-electron chi connectivity index (χ3n) is 8.72. The number of allylic oxidation sites excluding steroid dienone is 1. The van der Waals surface area contributed by atoms with Crippen LogP contribution in [0.2, 0.25) is 0 Å². The Balaban J connectivity index is 1.17. The summed E-state index contributed by atoms with van der Waals surface area (Å²) in [5.41, 5.74) is 3.70. The minimum Gasteiger partial charge on any atom is -0.497 e. The van der Waals surface area contributed by atoms with Crippen LogP contribution in [-0.2, 0) is 0 Å². The van der Waals surface area contributed by atoms with Crippen LogP contribution in [0.1, 0.15) is 63.6 Å². The molecule has 4 aromatic rings. The van der Waals surface area contributed by atoms with Crippen molar-refractivity contribution in [1.82, 2.24) is 14.8 Å². The van der Waals surface area contributed by atoms with Gasteiger partial charge in [0, 0.05) is 59.8 Å². The summed E-state index contributed by atoms with van der Waals surface area (Å²) in [6.45, 7) is 1.35. The van der Waals surface area contributed by atoms with Crippen LogP contribution >= 0.6 is 0 Å². The van der Waals surface area contributed by atoms with Crippen LogP contribution in [0, 0.1) is 5.82 Å². The quantitative estimate of drug-likeness (QED) is 0.172. The van der Waals surface area contributed by atoms with Gasteiger partial charge in [0.15, 0.2) is 11.6 Å². The van der Waals surface area contributed by atoms with Gasteiger partial charge in [-0.2, -0.15) is 0 Å². The number of halogens is 1. The van der Waals surface area contributed by atoms with Gasteiger partial charge in [0.05, 0.1) is 18.2 Å². The maximum Gasteiger partial charge on any atom is 0.323 e. The first kappa shape index (κ1) is 31.8. The van der Waals surface area contributed by atoms with Gasteiger partial charge in [0.1, 0.15) is 11.5 Å². The minimum absolute atomic E-state index is 0.104. The summed E-state index contributed by atoms with van der Waals surface area (Å²) < 4.78 is 26.4. The number of aromatic nitrogens is 1. The van der Waals surface area contributed by atoms with Crippen molar-refractivity contribution in [2.75, 3.05) is 52.0 Å². The second kappa shape index (κ2) is 13.3. The first-order valence-electron chi connectivity index (χ1n) is 15.7. The number of H-pyrrole nitrogens is 1. The second-order valence-corrected chi connectivity index (χ2v) is 12.3. The number of urea groups is 1. The van der Waals surface area contributed by atoms with Gasteiger partial charge in [-0.15, -0.1) is 0 Å². The van der Waals surface area contributed by atoms with Gasteiger partial charge in [-0.1, -0.05) is 12.8 Å². The first-order valence-corrected chi connectivity index (χ1v) is 15.7. The molecule has 10 nitrogen and oxygen atoms in total. The molecule has 0 saturated heterocycles. The first-order chi connectivity index (χ1) is 22.6. The molecule has 3 aromatic carbocycles. The zero-order chi connectivity index (χ0) is 33.2. The Kier molecular flexibility index (Phi) is 8.99. The summed E-state index contributed by atoms with van der Waals surface area (Å²) in [5, 5.41) is 6.13. The normalized spacial score (nSPS) is 15.3. The number of fused-ring (bicyclic) bond motifs is 2. The molecule has 0 spiro atoms. The molecule has 11 heteroatoms. The molecule has 3 N–H and O–H groups in total. The smallest absolute Gasteiger partial charge is 0.323 e. The monoisotopic (exact) mass is 639 g/mol. The van der Waals surface area contributed by atoms with Crippen molar-refractivity contribution in [3.63, 3.8) is 0 Å². The van der Waals surface area contributed by atoms with E-state index >= 15 is 4.39 Å². The SMILES string of the molecule is COc1cc(F)c2[nH]c(C3CCCC3)c(/C=C3\Oc4ccc(NC(=O)Nc5ccc(C(=O)N(C)CCN(C)C)cc5)cc4C3=O)c2c1. The van der Waals surface area contributed by atoms with E-state index in [1.165, 1.54) is 13.2 Å². The maximum absolute atomic E-state index is 15.0. The van der Waals surface area contributed by atoms with Crippen molar-refractivity contribution in [2.24, 2.45) is 0 Å². The summed E-state index contributed by atoms with van der Waals surface area (Å²) >= 11 is 0. The van der Waals surface area contributed by atoms with Crippen LogP contribution in [0.3, 0.4) is 0 Å². The fourth-order valence-electron chi connectivity index (χ4n) is 6.14. The summed E-state index contributed by atoms with van der Waals surface area (Å²) in [5.74, 6) is 0.226. The van der Waals surface area contributed by atoms with Gasteiger partial charge in [0.25, 0.3) is 5.91 Å². The molecule has 0 bridgehead atoms. The zero-order valence-corrected chi connectivity index (χ0v) is 26.9. The van der Waals surface area contributed by atoms with Crippen molar-refractivity contribution >= 4 is 46.1 Å². The minimum atomic E-state index is -0.509. The molecule has 47 heavy (non-hydrogen) atoms. The van der Waals surface area contributed by atoms with Gasteiger partial charge in [-0.3, -0.25) is 9.59 Å². The Bertz CT molecular complexity index is 1870. The summed E-state index contributed by atoms with van der Waals surface area (Å²) in [6.07, 6.45) is 5.81. The number of nitrogens with one attached hydrogen (secondary N) is 3. The molecule has 0 atom stereocenters. The molecule has 1 saturated carbocycles. The molecule has 1 aliphatic heterocycles. The number of nitrogens with zero attached hydrogens (tertiary/aromatic N) is 2. The number of amides is 3. The van der Waals surface area contributed by atoms with Gasteiger partial charge in [-0.25, -0.2) is 9.18 Å². The van der Waals surface area contributed by atoms with Crippen molar-refractivity contribution in [2.45, 2.75) is 31.6 Å². The summed E-state index contributed by atoms with van der Waals surface area (Å²) in [4.78, 5) is 46.0. The highest BCUT2D eigenvalue weighted by Gasteiger charge is 2.30. The molecule has 3 amide bonds. The number of benzene rings is 3. The van der Waals surface area contributed by atoms with E-state index in [4.69, 9.17) is 9.47 Å². The van der Waals surface area contributed by atoms with Crippen LogP contribution in [0.25, 0.3) is 17.0 Å². The molecule has 0 unspecified atom stereocenters. The Morgan fingerprint density at radius 3 is 2.40 bits per heavy atom. The zero-order valence-electron chi connectivity index (χ0n) is 26.9. The molecule has 1 aliphatic carbocycles. The largest absolute Gasteiger partial charge is 0.497 e. The number of carbonyl (C=O) groups is 3. The number of Topliss-reactive ketones (excluding diaryl/α,β-unsaturated/α-hetero) is 1. The number of carbonyl (C=O) groups excluding carboxylic acids is 3. The van der Waals surface area contributed by atoms with Crippen LogP contribution in [0.5, 0.6) is 11.5 Å². The van der Waals surface area contributed by atoms with Crippen molar-refractivity contribution in [3.05, 3.63) is 88.6 Å². The van der Waals surface area contributed by atoms with Gasteiger partial charge >= 0.3 is 6.03 Å². The van der Waals surface area contributed by atoms with E-state index in [2.05, 4.69) is 15.6 Å². The number of aromatic amines is 1. The lowest BCUT2D eigenvalue weighted by molar-refractivity contribution is 0.0786. The number of methoxy groups -OCH3 is 1. The molecular weight excluding hydrogens is 601 g/mol. The number of ketones is 1. The lowest BCUT2D eigenvalue weighted by Crippen LogP contribution is -2.33. The highest BCUT2D eigenvalue weighted by atomic mass is 19.1. The maximum atomic E-state index is 15.0. The van der Waals surface area contributed by atoms with Crippen molar-refractivity contribution in [3.8, 4) is 11.5 Å². The molecule has 1 aromatic heterocycles. The average molecular weight is 640 g/mol. The third-order valence-corrected chi connectivity index (χ3v) is 8.72. The Labute approximate surface area is 272 Å². The Hall–Kier alpha value is -5.16. The summed E-state index contributed by atoms with van der Waals surface area (Å²) in [7, 11) is 7.15. The molecule has 0 radical (unpaired) electrons. The van der Waals surface area contributed by atoms with Crippen molar-refractivity contribution < 1.29 is 28.2 Å². The van der Waals surface area contributed by atoms with Crippen LogP contribution in [0.4, 0.5) is 20.6 Å². The van der Waals surface area contributed by atoms with E-state index < -0.39 is 11.8 Å².